The molecule has 17 heavy (non-hydrogen) atoms. The van der Waals surface area contributed by atoms with Gasteiger partial charge in [-0.1, -0.05) is 31.6 Å². The summed E-state index contributed by atoms with van der Waals surface area (Å²) in [6, 6.07) is 0. The molecule has 1 rings (SSSR count). The number of hydrogen-bond acceptors (Lipinski definition) is 2. The molecule has 0 heterocycles. The summed E-state index contributed by atoms with van der Waals surface area (Å²) in [6.07, 6.45) is 4.08. The maximum Gasteiger partial charge on any atom is 0.333 e. The molecule has 0 spiro atoms. The Morgan fingerprint density at radius 1 is 1.29 bits per heavy atom. The van der Waals surface area contributed by atoms with Crippen LogP contribution in [0.15, 0.2) is 23.3 Å². The van der Waals surface area contributed by atoms with Crippen LogP contribution in [0.25, 0.3) is 0 Å². The lowest BCUT2D eigenvalue weighted by molar-refractivity contribution is -0.139. The van der Waals surface area contributed by atoms with Gasteiger partial charge in [-0.3, -0.25) is 0 Å². The van der Waals surface area contributed by atoms with Crippen molar-refractivity contribution in [3.63, 3.8) is 0 Å². The molecule has 1 aliphatic rings. The summed E-state index contributed by atoms with van der Waals surface area (Å²) in [5.74, 6) is 0.823. The number of allylic oxidation sites excluding steroid dienone is 3. The van der Waals surface area contributed by atoms with Crippen LogP contribution < -0.4 is 0 Å². The number of ether oxygens (including phenoxy) is 1. The van der Waals surface area contributed by atoms with Gasteiger partial charge in [0.25, 0.3) is 0 Å². The minimum Gasteiger partial charge on any atom is -0.462 e. The zero-order chi connectivity index (χ0) is 13.2. The van der Waals surface area contributed by atoms with Crippen molar-refractivity contribution in [1.82, 2.24) is 0 Å². The molecule has 0 radical (unpaired) electrons. The van der Waals surface area contributed by atoms with Crippen LogP contribution in [0.4, 0.5) is 0 Å². The van der Waals surface area contributed by atoms with E-state index in [9.17, 15) is 4.79 Å². The van der Waals surface area contributed by atoms with Crippen molar-refractivity contribution in [2.24, 2.45) is 17.3 Å². The Labute approximate surface area is 105 Å². The van der Waals surface area contributed by atoms with Gasteiger partial charge < -0.3 is 4.74 Å². The third-order valence-electron chi connectivity index (χ3n) is 3.80. The van der Waals surface area contributed by atoms with E-state index in [-0.39, 0.29) is 11.4 Å². The summed E-state index contributed by atoms with van der Waals surface area (Å²) in [7, 11) is 0. The highest BCUT2D eigenvalue weighted by Gasteiger charge is 2.56. The van der Waals surface area contributed by atoms with Crippen LogP contribution in [0.3, 0.4) is 0 Å². The second-order valence-corrected chi connectivity index (χ2v) is 5.77. The molecule has 1 aliphatic carbocycles. The number of esters is 1. The lowest BCUT2D eigenvalue weighted by Gasteiger charge is -2.05. The Morgan fingerprint density at radius 2 is 1.88 bits per heavy atom. The lowest BCUT2D eigenvalue weighted by Crippen LogP contribution is -2.10. The molecule has 0 saturated heterocycles. The van der Waals surface area contributed by atoms with Gasteiger partial charge in [0.05, 0.1) is 6.61 Å². The van der Waals surface area contributed by atoms with Crippen LogP contribution in [0.5, 0.6) is 0 Å². The molecule has 2 nitrogen and oxygen atoms in total. The van der Waals surface area contributed by atoms with Gasteiger partial charge in [0.15, 0.2) is 0 Å². The summed E-state index contributed by atoms with van der Waals surface area (Å²) in [5, 5.41) is 0. The highest BCUT2D eigenvalue weighted by Crippen LogP contribution is 2.59. The van der Waals surface area contributed by atoms with E-state index in [4.69, 9.17) is 4.74 Å². The summed E-state index contributed by atoms with van der Waals surface area (Å²) >= 11 is 0. The molecule has 0 aromatic carbocycles. The van der Waals surface area contributed by atoms with Crippen molar-refractivity contribution < 1.29 is 9.53 Å². The summed E-state index contributed by atoms with van der Waals surface area (Å²) in [5.41, 5.74) is 2.28. The number of hydrogen-bond donors (Lipinski definition) is 0. The first-order chi connectivity index (χ1) is 7.80. The number of carbonyl (C=O) groups is 1. The van der Waals surface area contributed by atoms with Crippen LogP contribution in [0.1, 0.15) is 41.5 Å². The van der Waals surface area contributed by atoms with Crippen LogP contribution in [0, 0.1) is 17.3 Å². The maximum absolute atomic E-state index is 11.5. The number of rotatable bonds is 4. The Balaban J connectivity index is 2.50. The second kappa shape index (κ2) is 5.07. The van der Waals surface area contributed by atoms with E-state index in [1.165, 1.54) is 5.57 Å². The van der Waals surface area contributed by atoms with Gasteiger partial charge in [-0.15, -0.1) is 0 Å². The molecule has 2 atom stereocenters. The van der Waals surface area contributed by atoms with Crippen LogP contribution >= 0.6 is 0 Å². The molecule has 1 fully saturated rings. The van der Waals surface area contributed by atoms with E-state index in [1.807, 2.05) is 6.92 Å². The fourth-order valence-corrected chi connectivity index (χ4v) is 2.19. The van der Waals surface area contributed by atoms with Crippen LogP contribution in [-0.2, 0) is 9.53 Å². The van der Waals surface area contributed by atoms with Crippen molar-refractivity contribution in [2.45, 2.75) is 41.5 Å². The molecular weight excluding hydrogens is 212 g/mol. The standard InChI is InChI=1S/C15H24O2/c1-7-11(4)14(16)17-9-13-12(8-10(2)3)15(13,5)6/h7-8,12-13H,9H2,1-6H3. The Morgan fingerprint density at radius 3 is 2.35 bits per heavy atom. The van der Waals surface area contributed by atoms with Gasteiger partial charge in [0.2, 0.25) is 0 Å². The summed E-state index contributed by atoms with van der Waals surface area (Å²) in [4.78, 5) is 11.5. The molecule has 0 amide bonds. The van der Waals surface area contributed by atoms with Gasteiger partial charge in [-0.05, 0) is 39.0 Å². The number of carbonyl (C=O) groups excluding carboxylic acids is 1. The molecule has 0 aromatic rings. The first-order valence-corrected chi connectivity index (χ1v) is 6.25. The predicted molar refractivity (Wildman–Crippen MR) is 70.6 cm³/mol. The third kappa shape index (κ3) is 3.21. The van der Waals surface area contributed by atoms with Crippen molar-refractivity contribution in [3.8, 4) is 0 Å². The normalized spacial score (nSPS) is 26.4. The van der Waals surface area contributed by atoms with E-state index in [2.05, 4.69) is 33.8 Å². The molecule has 0 bridgehead atoms. The largest absolute Gasteiger partial charge is 0.462 e. The van der Waals surface area contributed by atoms with E-state index in [0.717, 1.165) is 0 Å². The molecule has 0 N–H and O–H groups in total. The quantitative estimate of drug-likeness (QED) is 0.422. The van der Waals surface area contributed by atoms with E-state index < -0.39 is 0 Å². The first kappa shape index (κ1) is 14.0. The van der Waals surface area contributed by atoms with E-state index in [0.29, 0.717) is 24.0 Å². The van der Waals surface area contributed by atoms with Crippen molar-refractivity contribution in [2.75, 3.05) is 6.61 Å². The smallest absolute Gasteiger partial charge is 0.333 e. The van der Waals surface area contributed by atoms with Crippen LogP contribution in [0.2, 0.25) is 0 Å². The first-order valence-electron chi connectivity index (χ1n) is 6.25. The van der Waals surface area contributed by atoms with E-state index in [1.54, 1.807) is 13.0 Å². The van der Waals surface area contributed by atoms with E-state index >= 15 is 0 Å². The zero-order valence-corrected chi connectivity index (χ0v) is 11.8. The molecule has 0 aliphatic heterocycles. The van der Waals surface area contributed by atoms with Gasteiger partial charge in [-0.2, -0.15) is 0 Å². The minimum atomic E-state index is -0.189. The summed E-state index contributed by atoms with van der Waals surface area (Å²) in [6.45, 7) is 12.9. The fourth-order valence-electron chi connectivity index (χ4n) is 2.19. The van der Waals surface area contributed by atoms with Crippen LogP contribution in [-0.4, -0.2) is 12.6 Å². The molecule has 2 unspecified atom stereocenters. The van der Waals surface area contributed by atoms with Gasteiger partial charge in [-0.25, -0.2) is 4.79 Å². The average Bonchev–Trinajstić information content (AvgIpc) is 2.74. The SMILES string of the molecule is CC=C(C)C(=O)OCC1C(C=C(C)C)C1(C)C. The fraction of sp³-hybridized carbons (Fsp3) is 0.667. The molecule has 0 aromatic heterocycles. The second-order valence-electron chi connectivity index (χ2n) is 5.77. The van der Waals surface area contributed by atoms with Gasteiger partial charge in [0, 0.05) is 11.5 Å². The Hall–Kier alpha value is -1.05. The minimum absolute atomic E-state index is 0.189. The maximum atomic E-state index is 11.5. The predicted octanol–water partition coefficient (Wildman–Crippen LogP) is 3.73. The summed E-state index contributed by atoms with van der Waals surface area (Å²) < 4.78 is 5.33. The molecule has 1 saturated carbocycles. The van der Waals surface area contributed by atoms with Gasteiger partial charge >= 0.3 is 5.97 Å². The highest BCUT2D eigenvalue weighted by atomic mass is 16.5. The van der Waals surface area contributed by atoms with Crippen molar-refractivity contribution in [1.29, 1.82) is 0 Å². The van der Waals surface area contributed by atoms with Crippen molar-refractivity contribution in [3.05, 3.63) is 23.3 Å². The highest BCUT2D eigenvalue weighted by molar-refractivity contribution is 5.87. The van der Waals surface area contributed by atoms with Crippen molar-refractivity contribution >= 4 is 5.97 Å². The molecule has 2 heteroatoms. The topological polar surface area (TPSA) is 26.3 Å². The average molecular weight is 236 g/mol. The Bertz CT molecular complexity index is 357. The zero-order valence-electron chi connectivity index (χ0n) is 11.8. The monoisotopic (exact) mass is 236 g/mol. The van der Waals surface area contributed by atoms with Gasteiger partial charge in [0.1, 0.15) is 0 Å². The lowest BCUT2D eigenvalue weighted by atomic mass is 10.1. The molecular formula is C15H24O2. The third-order valence-corrected chi connectivity index (χ3v) is 3.80. The molecule has 96 valence electrons. The Kier molecular flexibility index (Phi) is 4.18.